The molecule has 0 bridgehead atoms. The van der Waals surface area contributed by atoms with Crippen LogP contribution in [0.3, 0.4) is 0 Å². The average Bonchev–Trinajstić information content (AvgIpc) is 2.80. The van der Waals surface area contributed by atoms with E-state index in [1.54, 1.807) is 25.3 Å². The number of ether oxygens (including phenoxy) is 2. The number of unbranched alkanes of at least 4 members (excludes halogenated alkanes) is 2. The first-order valence-corrected chi connectivity index (χ1v) is 10.6. The van der Waals surface area contributed by atoms with E-state index in [0.29, 0.717) is 37.1 Å². The highest BCUT2D eigenvalue weighted by atomic mass is 16.5. The number of nitrogens with one attached hydrogen (secondary N) is 1. The van der Waals surface area contributed by atoms with Crippen molar-refractivity contribution in [2.45, 2.75) is 39.3 Å². The van der Waals surface area contributed by atoms with Crippen molar-refractivity contribution in [1.29, 1.82) is 0 Å². The Hall–Kier alpha value is -3.19. The number of fused-ring (bicyclic) bond motifs is 1. The average molecular weight is 424 g/mol. The Bertz CT molecular complexity index is 1060. The second kappa shape index (κ2) is 11.3. The van der Waals surface area contributed by atoms with Crippen LogP contribution in [-0.4, -0.2) is 36.0 Å². The number of benzene rings is 2. The molecule has 0 radical (unpaired) electrons. The summed E-state index contributed by atoms with van der Waals surface area (Å²) in [5, 5.41) is 8.40. The summed E-state index contributed by atoms with van der Waals surface area (Å²) in [7, 11) is 1.63. The Morgan fingerprint density at radius 1 is 1.03 bits per heavy atom. The second-order valence-electron chi connectivity index (χ2n) is 7.30. The molecule has 0 saturated heterocycles. The molecule has 0 unspecified atom stereocenters. The molecule has 1 heterocycles. The van der Waals surface area contributed by atoms with Crippen LogP contribution in [0.5, 0.6) is 5.75 Å². The minimum Gasteiger partial charge on any atom is -0.491 e. The smallest absolute Gasteiger partial charge is 0.274 e. The minimum atomic E-state index is -0.305. The van der Waals surface area contributed by atoms with E-state index in [0.717, 1.165) is 30.6 Å². The van der Waals surface area contributed by atoms with Gasteiger partial charge in [0.05, 0.1) is 12.0 Å². The van der Waals surface area contributed by atoms with E-state index in [1.807, 2.05) is 30.3 Å². The van der Waals surface area contributed by atoms with Gasteiger partial charge in [-0.2, -0.15) is 5.10 Å². The molecule has 1 aromatic heterocycles. The predicted octanol–water partition coefficient (Wildman–Crippen LogP) is 3.54. The first-order chi connectivity index (χ1) is 15.1. The van der Waals surface area contributed by atoms with Crippen LogP contribution in [0.25, 0.3) is 10.8 Å². The van der Waals surface area contributed by atoms with Crippen LogP contribution >= 0.6 is 0 Å². The minimum absolute atomic E-state index is 0.160. The first-order valence-electron chi connectivity index (χ1n) is 10.6. The number of rotatable bonds is 11. The van der Waals surface area contributed by atoms with Crippen LogP contribution in [0.1, 0.15) is 42.2 Å². The molecule has 0 saturated carbocycles. The van der Waals surface area contributed by atoms with Crippen molar-refractivity contribution in [3.05, 3.63) is 70.1 Å². The van der Waals surface area contributed by atoms with Gasteiger partial charge in [-0.3, -0.25) is 9.59 Å². The Balaban J connectivity index is 1.74. The van der Waals surface area contributed by atoms with Gasteiger partial charge in [0.1, 0.15) is 12.4 Å². The number of aryl methyl sites for hydroxylation is 1. The lowest BCUT2D eigenvalue weighted by Gasteiger charge is -2.12. The van der Waals surface area contributed by atoms with Gasteiger partial charge in [0.15, 0.2) is 5.69 Å². The van der Waals surface area contributed by atoms with Gasteiger partial charge in [-0.1, -0.05) is 50.1 Å². The third kappa shape index (κ3) is 5.92. The van der Waals surface area contributed by atoms with Crippen LogP contribution in [0, 0.1) is 0 Å². The van der Waals surface area contributed by atoms with Crippen molar-refractivity contribution in [1.82, 2.24) is 15.1 Å². The number of methoxy groups -OCH3 is 1. The highest BCUT2D eigenvalue weighted by Crippen LogP contribution is 2.15. The van der Waals surface area contributed by atoms with E-state index in [-0.39, 0.29) is 17.2 Å². The fourth-order valence-electron chi connectivity index (χ4n) is 3.28. The number of aromatic nitrogens is 2. The predicted molar refractivity (Wildman–Crippen MR) is 121 cm³/mol. The van der Waals surface area contributed by atoms with Crippen molar-refractivity contribution in [3.8, 4) is 5.75 Å². The summed E-state index contributed by atoms with van der Waals surface area (Å²) < 4.78 is 11.9. The quantitative estimate of drug-likeness (QED) is 0.477. The monoisotopic (exact) mass is 423 g/mol. The maximum atomic E-state index is 12.9. The lowest BCUT2D eigenvalue weighted by molar-refractivity contribution is 0.0945. The van der Waals surface area contributed by atoms with Gasteiger partial charge in [0, 0.05) is 25.6 Å². The molecule has 0 atom stereocenters. The molecular formula is C24H29N3O4. The van der Waals surface area contributed by atoms with Crippen molar-refractivity contribution in [3.63, 3.8) is 0 Å². The molecule has 0 fully saturated rings. The Labute approximate surface area is 182 Å². The van der Waals surface area contributed by atoms with E-state index in [4.69, 9.17) is 9.47 Å². The molecule has 1 N–H and O–H groups in total. The fraction of sp³-hybridized carbons (Fsp3) is 0.375. The topological polar surface area (TPSA) is 82.5 Å². The molecule has 164 valence electrons. The normalized spacial score (nSPS) is 10.9. The van der Waals surface area contributed by atoms with Gasteiger partial charge >= 0.3 is 0 Å². The van der Waals surface area contributed by atoms with E-state index in [9.17, 15) is 9.59 Å². The van der Waals surface area contributed by atoms with E-state index < -0.39 is 0 Å². The molecule has 3 rings (SSSR count). The molecular weight excluding hydrogens is 394 g/mol. The number of hydrogen-bond donors (Lipinski definition) is 1. The van der Waals surface area contributed by atoms with Gasteiger partial charge in [0.2, 0.25) is 0 Å². The fourth-order valence-corrected chi connectivity index (χ4v) is 3.28. The van der Waals surface area contributed by atoms with Gasteiger partial charge in [-0.15, -0.1) is 0 Å². The summed E-state index contributed by atoms with van der Waals surface area (Å²) in [4.78, 5) is 25.7. The summed E-state index contributed by atoms with van der Waals surface area (Å²) in [6, 6.07) is 14.6. The van der Waals surface area contributed by atoms with Crippen molar-refractivity contribution < 1.29 is 14.3 Å². The summed E-state index contributed by atoms with van der Waals surface area (Å²) in [5.74, 6) is 0.444. The highest BCUT2D eigenvalue weighted by Gasteiger charge is 2.16. The number of amides is 1. The largest absolute Gasteiger partial charge is 0.491 e. The van der Waals surface area contributed by atoms with Crippen molar-refractivity contribution >= 4 is 16.7 Å². The van der Waals surface area contributed by atoms with Gasteiger partial charge in [0.25, 0.3) is 11.5 Å². The van der Waals surface area contributed by atoms with E-state index >= 15 is 0 Å². The molecule has 0 aliphatic carbocycles. The number of carbonyl (C=O) groups excluding carboxylic acids is 1. The molecule has 7 nitrogen and oxygen atoms in total. The summed E-state index contributed by atoms with van der Waals surface area (Å²) in [5.41, 5.74) is 1.05. The van der Waals surface area contributed by atoms with Gasteiger partial charge < -0.3 is 14.8 Å². The lowest BCUT2D eigenvalue weighted by atomic mass is 10.1. The Kier molecular flexibility index (Phi) is 8.18. The van der Waals surface area contributed by atoms with Crippen LogP contribution in [0.15, 0.2) is 53.3 Å². The third-order valence-electron chi connectivity index (χ3n) is 4.99. The molecule has 2 aromatic carbocycles. The number of carbonyl (C=O) groups is 1. The molecule has 0 aliphatic heterocycles. The highest BCUT2D eigenvalue weighted by molar-refractivity contribution is 6.04. The van der Waals surface area contributed by atoms with E-state index in [1.165, 1.54) is 4.68 Å². The summed E-state index contributed by atoms with van der Waals surface area (Å²) >= 11 is 0. The second-order valence-corrected chi connectivity index (χ2v) is 7.30. The van der Waals surface area contributed by atoms with Crippen LogP contribution in [0.2, 0.25) is 0 Å². The molecule has 3 aromatic rings. The molecule has 7 heteroatoms. The zero-order chi connectivity index (χ0) is 22.1. The van der Waals surface area contributed by atoms with Crippen LogP contribution in [-0.2, 0) is 17.8 Å². The summed E-state index contributed by atoms with van der Waals surface area (Å²) in [6.07, 6.45) is 2.90. The maximum Gasteiger partial charge on any atom is 0.274 e. The molecule has 31 heavy (non-hydrogen) atoms. The Morgan fingerprint density at radius 2 is 1.77 bits per heavy atom. The SMILES string of the molecule is CCCCCn1nc(C(=O)NCc2ccc(OCCOC)cc2)c2ccccc2c1=O. The summed E-state index contributed by atoms with van der Waals surface area (Å²) in [6.45, 7) is 3.97. The zero-order valence-corrected chi connectivity index (χ0v) is 18.1. The first kappa shape index (κ1) is 22.5. The Morgan fingerprint density at radius 3 is 2.48 bits per heavy atom. The number of hydrogen-bond acceptors (Lipinski definition) is 5. The van der Waals surface area contributed by atoms with Crippen LogP contribution in [0.4, 0.5) is 0 Å². The lowest BCUT2D eigenvalue weighted by Crippen LogP contribution is -2.30. The molecule has 0 spiro atoms. The molecule has 1 amide bonds. The number of nitrogens with zero attached hydrogens (tertiary/aromatic N) is 2. The molecule has 0 aliphatic rings. The van der Waals surface area contributed by atoms with Crippen molar-refractivity contribution in [2.75, 3.05) is 20.3 Å². The zero-order valence-electron chi connectivity index (χ0n) is 18.1. The standard InChI is InChI=1S/C24H29N3O4/c1-3-4-7-14-27-24(29)21-9-6-5-8-20(21)22(26-27)23(28)25-17-18-10-12-19(13-11-18)31-16-15-30-2/h5-6,8-13H,3-4,7,14-17H2,1-2H3,(H,25,28). The third-order valence-corrected chi connectivity index (χ3v) is 4.99. The van der Waals surface area contributed by atoms with E-state index in [2.05, 4.69) is 17.3 Å². The van der Waals surface area contributed by atoms with Crippen LogP contribution < -0.4 is 15.6 Å². The maximum absolute atomic E-state index is 12.9. The van der Waals surface area contributed by atoms with Crippen molar-refractivity contribution in [2.24, 2.45) is 0 Å². The van der Waals surface area contributed by atoms with Gasteiger partial charge in [-0.05, 0) is 30.2 Å². The van der Waals surface area contributed by atoms with Gasteiger partial charge in [-0.25, -0.2) is 4.68 Å².